The molecule has 0 atom stereocenters. The number of nitrogens with zero attached hydrogens (tertiary/aromatic N) is 2. The molecule has 2 heterocycles. The Labute approximate surface area is 145 Å². The van der Waals surface area contributed by atoms with Gasteiger partial charge < -0.3 is 14.8 Å². The molecular formula is C13H13ClN4O3S2. The first kappa shape index (κ1) is 16.5. The molecule has 1 aliphatic rings. The van der Waals surface area contributed by atoms with E-state index in [0.717, 1.165) is 4.34 Å². The van der Waals surface area contributed by atoms with Crippen LogP contribution < -0.4 is 10.6 Å². The number of nitrogens with one attached hydrogen (secondary N) is 2. The van der Waals surface area contributed by atoms with Crippen LogP contribution in [0, 0.1) is 0 Å². The maximum absolute atomic E-state index is 11.9. The van der Waals surface area contributed by atoms with Crippen LogP contribution in [0.2, 0.25) is 5.02 Å². The van der Waals surface area contributed by atoms with Crippen LogP contribution in [0.3, 0.4) is 0 Å². The molecular weight excluding hydrogens is 360 g/mol. The average molecular weight is 373 g/mol. The van der Waals surface area contributed by atoms with Crippen LogP contribution in [0.15, 0.2) is 28.6 Å². The van der Waals surface area contributed by atoms with Crippen LogP contribution in [0.1, 0.15) is 0 Å². The Bertz CT molecular complexity index is 661. The van der Waals surface area contributed by atoms with Crippen LogP contribution in [0.4, 0.5) is 15.6 Å². The molecule has 3 rings (SSSR count). The minimum atomic E-state index is -0.387. The van der Waals surface area contributed by atoms with Crippen LogP contribution in [0.5, 0.6) is 0 Å². The van der Waals surface area contributed by atoms with Crippen LogP contribution in [-0.4, -0.2) is 41.5 Å². The van der Waals surface area contributed by atoms with E-state index in [1.165, 1.54) is 23.1 Å². The van der Waals surface area contributed by atoms with Crippen molar-refractivity contribution in [2.24, 2.45) is 0 Å². The SMILES string of the molecule is O=C(Nc1ccc(Cl)cc1)Nc1nnc(SCC2OCCO2)s1. The Morgan fingerprint density at radius 2 is 2.00 bits per heavy atom. The number of benzene rings is 1. The highest BCUT2D eigenvalue weighted by molar-refractivity contribution is 8.01. The fourth-order valence-corrected chi connectivity index (χ4v) is 3.60. The van der Waals surface area contributed by atoms with Gasteiger partial charge in [-0.05, 0) is 24.3 Å². The predicted octanol–water partition coefficient (Wildman–Crippen LogP) is 3.30. The van der Waals surface area contributed by atoms with E-state index in [0.29, 0.717) is 34.8 Å². The molecule has 10 heteroatoms. The van der Waals surface area contributed by atoms with E-state index in [4.69, 9.17) is 21.1 Å². The molecule has 1 aliphatic heterocycles. The largest absolute Gasteiger partial charge is 0.349 e. The van der Waals surface area contributed by atoms with Crippen molar-refractivity contribution in [3.8, 4) is 0 Å². The lowest BCUT2D eigenvalue weighted by Crippen LogP contribution is -2.19. The molecule has 23 heavy (non-hydrogen) atoms. The first-order valence-corrected chi connectivity index (χ1v) is 8.90. The standard InChI is InChI=1S/C13H13ClN4O3S2/c14-8-1-3-9(4-2-8)15-11(19)16-12-17-18-13(23-12)22-7-10-20-5-6-21-10/h1-4,10H,5-7H2,(H2,15,16,17,19). The van der Waals surface area contributed by atoms with Crippen molar-refractivity contribution in [2.75, 3.05) is 29.6 Å². The number of halogens is 1. The number of thioether (sulfide) groups is 1. The van der Waals surface area contributed by atoms with Gasteiger partial charge >= 0.3 is 6.03 Å². The van der Waals surface area contributed by atoms with Gasteiger partial charge in [0.15, 0.2) is 10.6 Å². The zero-order chi connectivity index (χ0) is 16.1. The van der Waals surface area contributed by atoms with Gasteiger partial charge in [-0.1, -0.05) is 34.7 Å². The number of urea groups is 1. The molecule has 0 aliphatic carbocycles. The number of anilines is 2. The van der Waals surface area contributed by atoms with Gasteiger partial charge in [0.05, 0.1) is 19.0 Å². The first-order chi connectivity index (χ1) is 11.2. The third-order valence-electron chi connectivity index (χ3n) is 2.76. The number of hydrogen-bond acceptors (Lipinski definition) is 7. The Hall–Kier alpha value is -1.39. The van der Waals surface area contributed by atoms with Crippen molar-refractivity contribution in [3.05, 3.63) is 29.3 Å². The quantitative estimate of drug-likeness (QED) is 0.618. The summed E-state index contributed by atoms with van der Waals surface area (Å²) in [5.41, 5.74) is 0.640. The number of rotatable bonds is 5. The molecule has 1 saturated heterocycles. The summed E-state index contributed by atoms with van der Waals surface area (Å²) in [5.74, 6) is 0.644. The lowest BCUT2D eigenvalue weighted by molar-refractivity contribution is -0.0214. The number of hydrogen-bond donors (Lipinski definition) is 2. The van der Waals surface area contributed by atoms with Crippen molar-refractivity contribution in [3.63, 3.8) is 0 Å². The van der Waals surface area contributed by atoms with Crippen LogP contribution in [-0.2, 0) is 9.47 Å². The van der Waals surface area contributed by atoms with Gasteiger partial charge in [-0.2, -0.15) is 0 Å². The normalized spacial score (nSPS) is 14.8. The number of carbonyl (C=O) groups is 1. The second-order valence-electron chi connectivity index (χ2n) is 4.44. The van der Waals surface area contributed by atoms with Gasteiger partial charge in [0, 0.05) is 10.7 Å². The van der Waals surface area contributed by atoms with E-state index in [-0.39, 0.29) is 12.3 Å². The Morgan fingerprint density at radius 3 is 2.74 bits per heavy atom. The molecule has 7 nitrogen and oxygen atoms in total. The van der Waals surface area contributed by atoms with Crippen molar-refractivity contribution in [2.45, 2.75) is 10.6 Å². The lowest BCUT2D eigenvalue weighted by atomic mass is 10.3. The van der Waals surface area contributed by atoms with E-state index in [2.05, 4.69) is 20.8 Å². The average Bonchev–Trinajstić information content (AvgIpc) is 3.19. The minimum absolute atomic E-state index is 0.200. The zero-order valence-corrected chi connectivity index (χ0v) is 14.2. The van der Waals surface area contributed by atoms with Gasteiger partial charge in [-0.3, -0.25) is 5.32 Å². The molecule has 0 saturated carbocycles. The van der Waals surface area contributed by atoms with E-state index >= 15 is 0 Å². The Kier molecular flexibility index (Phi) is 5.68. The van der Waals surface area contributed by atoms with Crippen molar-refractivity contribution < 1.29 is 14.3 Å². The fourth-order valence-electron chi connectivity index (χ4n) is 1.75. The van der Waals surface area contributed by atoms with Gasteiger partial charge in [-0.15, -0.1) is 10.2 Å². The zero-order valence-electron chi connectivity index (χ0n) is 11.8. The van der Waals surface area contributed by atoms with E-state index in [9.17, 15) is 4.79 Å². The van der Waals surface area contributed by atoms with Crippen LogP contribution >= 0.6 is 34.7 Å². The number of carbonyl (C=O) groups excluding carboxylic acids is 1. The third kappa shape index (κ3) is 5.05. The highest BCUT2D eigenvalue weighted by Gasteiger charge is 2.17. The lowest BCUT2D eigenvalue weighted by Gasteiger charge is -2.05. The number of amides is 2. The molecule has 1 aromatic heterocycles. The summed E-state index contributed by atoms with van der Waals surface area (Å²) in [4.78, 5) is 11.9. The monoisotopic (exact) mass is 372 g/mol. The van der Waals surface area contributed by atoms with Crippen molar-refractivity contribution >= 4 is 51.5 Å². The molecule has 0 radical (unpaired) electrons. The third-order valence-corrected chi connectivity index (χ3v) is 5.02. The van der Waals surface area contributed by atoms with E-state index in [1.807, 2.05) is 0 Å². The first-order valence-electron chi connectivity index (χ1n) is 6.72. The molecule has 2 aromatic rings. The summed E-state index contributed by atoms with van der Waals surface area (Å²) in [6.07, 6.45) is -0.200. The number of aromatic nitrogens is 2. The van der Waals surface area contributed by atoms with Crippen LogP contribution in [0.25, 0.3) is 0 Å². The maximum atomic E-state index is 11.9. The molecule has 2 N–H and O–H groups in total. The second kappa shape index (κ2) is 7.93. The summed E-state index contributed by atoms with van der Waals surface area (Å²) in [7, 11) is 0. The fraction of sp³-hybridized carbons (Fsp3) is 0.308. The summed E-state index contributed by atoms with van der Waals surface area (Å²) in [5, 5.41) is 14.3. The molecule has 0 unspecified atom stereocenters. The second-order valence-corrected chi connectivity index (χ2v) is 7.12. The van der Waals surface area contributed by atoms with Crippen molar-refractivity contribution in [1.82, 2.24) is 10.2 Å². The van der Waals surface area contributed by atoms with E-state index < -0.39 is 0 Å². The highest BCUT2D eigenvalue weighted by Crippen LogP contribution is 2.27. The maximum Gasteiger partial charge on any atom is 0.325 e. The van der Waals surface area contributed by atoms with Gasteiger partial charge in [0.25, 0.3) is 0 Å². The topological polar surface area (TPSA) is 85.4 Å². The molecule has 2 amide bonds. The Balaban J connectivity index is 1.47. The number of ether oxygens (including phenoxy) is 2. The molecule has 0 spiro atoms. The van der Waals surface area contributed by atoms with Gasteiger partial charge in [0.2, 0.25) is 5.13 Å². The van der Waals surface area contributed by atoms with Crippen molar-refractivity contribution in [1.29, 1.82) is 0 Å². The van der Waals surface area contributed by atoms with E-state index in [1.54, 1.807) is 24.3 Å². The summed E-state index contributed by atoms with van der Waals surface area (Å²) in [6.45, 7) is 1.25. The summed E-state index contributed by atoms with van der Waals surface area (Å²) in [6, 6.07) is 6.44. The minimum Gasteiger partial charge on any atom is -0.349 e. The van der Waals surface area contributed by atoms with Gasteiger partial charge in [-0.25, -0.2) is 4.79 Å². The summed E-state index contributed by atoms with van der Waals surface area (Å²) < 4.78 is 11.4. The smallest absolute Gasteiger partial charge is 0.325 e. The van der Waals surface area contributed by atoms with Gasteiger partial charge in [0.1, 0.15) is 0 Å². The summed E-state index contributed by atoms with van der Waals surface area (Å²) >= 11 is 8.57. The molecule has 0 bridgehead atoms. The Morgan fingerprint density at radius 1 is 1.26 bits per heavy atom. The highest BCUT2D eigenvalue weighted by atomic mass is 35.5. The molecule has 1 fully saturated rings. The molecule has 1 aromatic carbocycles. The molecule has 122 valence electrons. The predicted molar refractivity (Wildman–Crippen MR) is 90.4 cm³/mol.